The summed E-state index contributed by atoms with van der Waals surface area (Å²) in [6, 6.07) is 13.5. The molecule has 206 valence electrons. The fraction of sp³-hybridized carbons (Fsp3) is 0.517. The van der Waals surface area contributed by atoms with Crippen LogP contribution in [0.5, 0.6) is 11.5 Å². The van der Waals surface area contributed by atoms with Crippen LogP contribution in [0.4, 0.5) is 4.39 Å². The van der Waals surface area contributed by atoms with E-state index < -0.39 is 5.60 Å². The van der Waals surface area contributed by atoms with Gasteiger partial charge < -0.3 is 24.4 Å². The van der Waals surface area contributed by atoms with Crippen LogP contribution < -0.4 is 9.47 Å². The van der Waals surface area contributed by atoms with Crippen molar-refractivity contribution in [2.24, 2.45) is 0 Å². The van der Waals surface area contributed by atoms with Gasteiger partial charge >= 0.3 is 0 Å². The zero-order chi connectivity index (χ0) is 27.0. The summed E-state index contributed by atoms with van der Waals surface area (Å²) in [4.78, 5) is 29.7. The summed E-state index contributed by atoms with van der Waals surface area (Å²) >= 11 is 0. The Morgan fingerprint density at radius 1 is 0.974 bits per heavy atom. The highest BCUT2D eigenvalue weighted by Crippen LogP contribution is 2.21. The van der Waals surface area contributed by atoms with Gasteiger partial charge in [0, 0.05) is 52.6 Å². The largest absolute Gasteiger partial charge is 0.494 e. The Hall–Kier alpha value is -3.17. The molecule has 4 rings (SSSR count). The Balaban J connectivity index is 1.29. The van der Waals surface area contributed by atoms with E-state index in [4.69, 9.17) is 9.47 Å². The van der Waals surface area contributed by atoms with Crippen LogP contribution in [0.3, 0.4) is 0 Å². The molecule has 1 atom stereocenters. The summed E-state index contributed by atoms with van der Waals surface area (Å²) in [5.41, 5.74) is -0.218. The van der Waals surface area contributed by atoms with Crippen LogP contribution in [0.1, 0.15) is 38.2 Å². The smallest absolute Gasteiger partial charge is 0.222 e. The van der Waals surface area contributed by atoms with Crippen molar-refractivity contribution in [1.29, 1.82) is 0 Å². The van der Waals surface area contributed by atoms with Gasteiger partial charge in [0.15, 0.2) is 0 Å². The van der Waals surface area contributed by atoms with Crippen LogP contribution in [-0.4, -0.2) is 89.7 Å². The highest BCUT2D eigenvalue weighted by molar-refractivity contribution is 5.76. The molecule has 2 aliphatic heterocycles. The standard InChI is InChI=1S/C29H38FN3O5/c1-23(34)33-17-16-31(20-29(36,21-33)22-38-27-12-8-25(30)9-13-27)19-24-6-10-26(11-7-24)37-18-4-15-32-14-3-2-5-28(32)35/h6-13,36H,2-5,14-22H2,1H3/t29-/m1/s1. The molecule has 2 saturated heterocycles. The van der Waals surface area contributed by atoms with Crippen molar-refractivity contribution in [2.75, 3.05) is 52.5 Å². The van der Waals surface area contributed by atoms with Crippen molar-refractivity contribution in [2.45, 2.75) is 44.8 Å². The monoisotopic (exact) mass is 527 g/mol. The maximum atomic E-state index is 13.2. The maximum Gasteiger partial charge on any atom is 0.222 e. The average molecular weight is 528 g/mol. The third-order valence-corrected chi connectivity index (χ3v) is 7.05. The van der Waals surface area contributed by atoms with Crippen molar-refractivity contribution in [3.05, 3.63) is 59.9 Å². The van der Waals surface area contributed by atoms with E-state index in [0.717, 1.165) is 43.7 Å². The van der Waals surface area contributed by atoms with E-state index in [1.54, 1.807) is 4.90 Å². The van der Waals surface area contributed by atoms with Gasteiger partial charge in [-0.2, -0.15) is 0 Å². The molecule has 1 N–H and O–H groups in total. The number of nitrogens with zero attached hydrogens (tertiary/aromatic N) is 3. The third-order valence-electron chi connectivity index (χ3n) is 7.05. The van der Waals surface area contributed by atoms with Crippen LogP contribution in [-0.2, 0) is 16.1 Å². The first kappa shape index (κ1) is 27.9. The molecule has 0 aromatic heterocycles. The molecule has 0 bridgehead atoms. The number of amides is 2. The predicted molar refractivity (Wildman–Crippen MR) is 141 cm³/mol. The van der Waals surface area contributed by atoms with E-state index in [1.807, 2.05) is 29.2 Å². The molecule has 0 radical (unpaired) electrons. The van der Waals surface area contributed by atoms with Crippen molar-refractivity contribution < 1.29 is 28.6 Å². The van der Waals surface area contributed by atoms with Gasteiger partial charge in [0.2, 0.25) is 11.8 Å². The van der Waals surface area contributed by atoms with Crippen LogP contribution in [0.15, 0.2) is 48.5 Å². The number of aliphatic hydroxyl groups is 1. The molecule has 0 saturated carbocycles. The van der Waals surface area contributed by atoms with Crippen molar-refractivity contribution in [1.82, 2.24) is 14.7 Å². The Kier molecular flexibility index (Phi) is 9.58. The van der Waals surface area contributed by atoms with E-state index in [-0.39, 0.29) is 30.8 Å². The van der Waals surface area contributed by atoms with E-state index in [0.29, 0.717) is 45.0 Å². The second kappa shape index (κ2) is 13.1. The van der Waals surface area contributed by atoms with E-state index in [2.05, 4.69) is 4.90 Å². The van der Waals surface area contributed by atoms with Crippen molar-refractivity contribution in [3.8, 4) is 11.5 Å². The van der Waals surface area contributed by atoms with Gasteiger partial charge in [0.1, 0.15) is 29.5 Å². The van der Waals surface area contributed by atoms with Crippen LogP contribution in [0.25, 0.3) is 0 Å². The zero-order valence-electron chi connectivity index (χ0n) is 22.1. The maximum absolute atomic E-state index is 13.2. The first-order chi connectivity index (χ1) is 18.3. The molecule has 8 nitrogen and oxygen atoms in total. The van der Waals surface area contributed by atoms with E-state index in [9.17, 15) is 19.1 Å². The van der Waals surface area contributed by atoms with Crippen molar-refractivity contribution in [3.63, 3.8) is 0 Å². The molecule has 2 amide bonds. The normalized spacial score (nSPS) is 20.8. The van der Waals surface area contributed by atoms with Gasteiger partial charge in [0.25, 0.3) is 0 Å². The lowest BCUT2D eigenvalue weighted by Gasteiger charge is -2.32. The Labute approximate surface area is 223 Å². The fourth-order valence-corrected chi connectivity index (χ4v) is 4.98. The zero-order valence-corrected chi connectivity index (χ0v) is 22.1. The molecule has 38 heavy (non-hydrogen) atoms. The number of ether oxygens (including phenoxy) is 2. The van der Waals surface area contributed by atoms with Gasteiger partial charge in [-0.1, -0.05) is 12.1 Å². The minimum absolute atomic E-state index is 0.0191. The van der Waals surface area contributed by atoms with Gasteiger partial charge in [-0.15, -0.1) is 0 Å². The molecule has 2 aromatic carbocycles. The summed E-state index contributed by atoms with van der Waals surface area (Å²) in [7, 11) is 0. The molecule has 0 spiro atoms. The number of halogens is 1. The average Bonchev–Trinajstić information content (AvgIpc) is 3.07. The third kappa shape index (κ3) is 8.16. The fourth-order valence-electron chi connectivity index (χ4n) is 4.98. The lowest BCUT2D eigenvalue weighted by Crippen LogP contribution is -2.51. The summed E-state index contributed by atoms with van der Waals surface area (Å²) < 4.78 is 24.9. The van der Waals surface area contributed by atoms with Crippen LogP contribution >= 0.6 is 0 Å². The van der Waals surface area contributed by atoms with Crippen LogP contribution in [0.2, 0.25) is 0 Å². The molecule has 2 heterocycles. The number of β-amino-alcohol motifs (C(OH)–C–C–N with tert-alkyl or cyclic N) is 1. The highest BCUT2D eigenvalue weighted by atomic mass is 19.1. The number of carbonyl (C=O) groups is 2. The first-order valence-corrected chi connectivity index (χ1v) is 13.4. The van der Waals surface area contributed by atoms with Gasteiger partial charge in [-0.05, 0) is 61.2 Å². The summed E-state index contributed by atoms with van der Waals surface area (Å²) in [6.07, 6.45) is 3.53. The second-order valence-electron chi connectivity index (χ2n) is 10.3. The quantitative estimate of drug-likeness (QED) is 0.479. The van der Waals surface area contributed by atoms with Gasteiger partial charge in [-0.25, -0.2) is 4.39 Å². The lowest BCUT2D eigenvalue weighted by atomic mass is 10.0. The summed E-state index contributed by atoms with van der Waals surface area (Å²) in [6.45, 7) is 5.83. The topological polar surface area (TPSA) is 82.6 Å². The van der Waals surface area contributed by atoms with Crippen molar-refractivity contribution >= 4 is 11.8 Å². The molecule has 2 fully saturated rings. The number of hydrogen-bond acceptors (Lipinski definition) is 6. The number of hydrogen-bond donors (Lipinski definition) is 1. The SMILES string of the molecule is CC(=O)N1CCN(Cc2ccc(OCCCN3CCCCC3=O)cc2)C[C@](O)(COc2ccc(F)cc2)C1. The molecule has 2 aliphatic rings. The number of carbonyl (C=O) groups excluding carboxylic acids is 2. The molecule has 2 aromatic rings. The molecule has 0 aliphatic carbocycles. The number of benzene rings is 2. The van der Waals surface area contributed by atoms with E-state index >= 15 is 0 Å². The highest BCUT2D eigenvalue weighted by Gasteiger charge is 2.37. The van der Waals surface area contributed by atoms with E-state index in [1.165, 1.54) is 31.2 Å². The number of rotatable bonds is 10. The van der Waals surface area contributed by atoms with Crippen LogP contribution in [0, 0.1) is 5.82 Å². The minimum atomic E-state index is -1.28. The second-order valence-corrected chi connectivity index (χ2v) is 10.3. The molecule has 0 unspecified atom stereocenters. The predicted octanol–water partition coefficient (Wildman–Crippen LogP) is 3.08. The molecular formula is C29H38FN3O5. The van der Waals surface area contributed by atoms with Gasteiger partial charge in [-0.3, -0.25) is 14.5 Å². The van der Waals surface area contributed by atoms with Gasteiger partial charge in [0.05, 0.1) is 13.2 Å². The minimum Gasteiger partial charge on any atom is -0.494 e. The Morgan fingerprint density at radius 2 is 1.68 bits per heavy atom. The molecular weight excluding hydrogens is 489 g/mol. The molecule has 9 heteroatoms. The summed E-state index contributed by atoms with van der Waals surface area (Å²) in [5, 5.41) is 11.4. The summed E-state index contributed by atoms with van der Waals surface area (Å²) in [5.74, 6) is 1.03. The Morgan fingerprint density at radius 3 is 2.39 bits per heavy atom. The Bertz CT molecular complexity index is 1060. The number of piperidine rings is 1. The number of likely N-dealkylation sites (tertiary alicyclic amines) is 1. The lowest BCUT2D eigenvalue weighted by molar-refractivity contribution is -0.133. The first-order valence-electron chi connectivity index (χ1n) is 13.4.